The maximum atomic E-state index is 5.43. The van der Waals surface area contributed by atoms with Crippen LogP contribution in [0.15, 0.2) is 24.3 Å². The summed E-state index contributed by atoms with van der Waals surface area (Å²) >= 11 is 0. The van der Waals surface area contributed by atoms with Gasteiger partial charge in [-0.05, 0) is 31.9 Å². The third-order valence-corrected chi connectivity index (χ3v) is 1.61. The van der Waals surface area contributed by atoms with Gasteiger partial charge in [0.2, 0.25) is 0 Å². The first-order chi connectivity index (χ1) is 5.79. The molecular weight excluding hydrogens is 148 g/mol. The van der Waals surface area contributed by atoms with Gasteiger partial charge in [-0.2, -0.15) is 0 Å². The quantitative estimate of drug-likeness (QED) is 0.662. The Bertz CT molecular complexity index is 204. The topological polar surface area (TPSA) is 9.23 Å². The van der Waals surface area contributed by atoms with Crippen LogP contribution in [0.5, 0.6) is 0 Å². The number of hydrogen-bond acceptors (Lipinski definition) is 1. The van der Waals surface area contributed by atoms with Crippen molar-refractivity contribution in [3.63, 3.8) is 0 Å². The van der Waals surface area contributed by atoms with Gasteiger partial charge in [0.1, 0.15) is 0 Å². The van der Waals surface area contributed by atoms with Crippen LogP contribution in [0.2, 0.25) is 0 Å². The van der Waals surface area contributed by atoms with Crippen LogP contribution in [0.25, 0.3) is 0 Å². The van der Waals surface area contributed by atoms with Gasteiger partial charge in [0, 0.05) is 0 Å². The van der Waals surface area contributed by atoms with Gasteiger partial charge in [0.25, 0.3) is 0 Å². The highest BCUT2D eigenvalue weighted by Gasteiger charge is 1.94. The molecule has 0 aliphatic carbocycles. The Hall–Kier alpha value is -0.820. The minimum atomic E-state index is 0.331. The van der Waals surface area contributed by atoms with E-state index in [4.69, 9.17) is 4.74 Å². The molecule has 0 bridgehead atoms. The first kappa shape index (κ1) is 9.27. The molecule has 0 N–H and O–H groups in total. The van der Waals surface area contributed by atoms with Crippen molar-refractivity contribution in [2.24, 2.45) is 0 Å². The monoisotopic (exact) mass is 163 g/mol. The van der Waals surface area contributed by atoms with Crippen LogP contribution in [0.4, 0.5) is 0 Å². The van der Waals surface area contributed by atoms with Crippen molar-refractivity contribution in [1.29, 1.82) is 0 Å². The molecule has 1 radical (unpaired) electrons. The lowest BCUT2D eigenvalue weighted by atomic mass is 10.2. The summed E-state index contributed by atoms with van der Waals surface area (Å²) < 4.78 is 5.43. The number of rotatable bonds is 4. The highest BCUT2D eigenvalue weighted by atomic mass is 16.5. The molecule has 0 fully saturated rings. The fourth-order valence-electron chi connectivity index (χ4n) is 0.999. The summed E-state index contributed by atoms with van der Waals surface area (Å²) in [7, 11) is 0. The molecule has 65 valence electrons. The van der Waals surface area contributed by atoms with Crippen molar-refractivity contribution in [2.75, 3.05) is 6.61 Å². The highest BCUT2D eigenvalue weighted by Crippen LogP contribution is 1.99. The van der Waals surface area contributed by atoms with E-state index in [0.29, 0.717) is 6.10 Å². The van der Waals surface area contributed by atoms with Gasteiger partial charge in [-0.15, -0.1) is 0 Å². The van der Waals surface area contributed by atoms with Crippen LogP contribution in [0, 0.1) is 6.07 Å². The van der Waals surface area contributed by atoms with E-state index in [0.717, 1.165) is 13.0 Å². The van der Waals surface area contributed by atoms with E-state index < -0.39 is 0 Å². The first-order valence-electron chi connectivity index (χ1n) is 4.35. The smallest absolute Gasteiger partial charge is 0.0519 e. The number of ether oxygens (including phenoxy) is 1. The molecule has 0 aliphatic heterocycles. The normalized spacial score (nSPS) is 10.6. The first-order valence-corrected chi connectivity index (χ1v) is 4.35. The molecule has 0 unspecified atom stereocenters. The predicted molar refractivity (Wildman–Crippen MR) is 50.1 cm³/mol. The zero-order valence-electron chi connectivity index (χ0n) is 7.71. The Morgan fingerprint density at radius 1 is 1.50 bits per heavy atom. The molecule has 0 heterocycles. The zero-order valence-corrected chi connectivity index (χ0v) is 7.71. The molecule has 12 heavy (non-hydrogen) atoms. The van der Waals surface area contributed by atoms with Gasteiger partial charge in [-0.25, -0.2) is 0 Å². The second-order valence-electron chi connectivity index (χ2n) is 3.08. The van der Waals surface area contributed by atoms with E-state index in [1.165, 1.54) is 5.56 Å². The van der Waals surface area contributed by atoms with Crippen LogP contribution in [-0.4, -0.2) is 12.7 Å². The molecule has 0 saturated carbocycles. The van der Waals surface area contributed by atoms with Crippen molar-refractivity contribution in [3.05, 3.63) is 35.9 Å². The molecule has 0 amide bonds. The van der Waals surface area contributed by atoms with Gasteiger partial charge in [-0.1, -0.05) is 24.3 Å². The van der Waals surface area contributed by atoms with Crippen molar-refractivity contribution in [1.82, 2.24) is 0 Å². The summed E-state index contributed by atoms with van der Waals surface area (Å²) in [6, 6.07) is 11.1. The summed E-state index contributed by atoms with van der Waals surface area (Å²) in [5.41, 5.74) is 1.29. The van der Waals surface area contributed by atoms with Gasteiger partial charge < -0.3 is 4.74 Å². The maximum absolute atomic E-state index is 5.43. The van der Waals surface area contributed by atoms with Crippen LogP contribution >= 0.6 is 0 Å². The maximum Gasteiger partial charge on any atom is 0.0519 e. The summed E-state index contributed by atoms with van der Waals surface area (Å²) in [5.74, 6) is 0. The summed E-state index contributed by atoms with van der Waals surface area (Å²) in [4.78, 5) is 0. The van der Waals surface area contributed by atoms with Crippen LogP contribution < -0.4 is 0 Å². The lowest BCUT2D eigenvalue weighted by Gasteiger charge is -2.06. The van der Waals surface area contributed by atoms with Crippen molar-refractivity contribution >= 4 is 0 Å². The molecule has 0 spiro atoms. The van der Waals surface area contributed by atoms with E-state index in [-0.39, 0.29) is 0 Å². The standard InChI is InChI=1S/C11H15O/c1-10(2)12-9-8-11-6-4-3-5-7-11/h3-4,6-7,10H,8-9H2,1-2H3. The van der Waals surface area contributed by atoms with E-state index in [9.17, 15) is 0 Å². The average molecular weight is 163 g/mol. The van der Waals surface area contributed by atoms with Crippen molar-refractivity contribution in [3.8, 4) is 0 Å². The van der Waals surface area contributed by atoms with Gasteiger partial charge >= 0.3 is 0 Å². The van der Waals surface area contributed by atoms with Gasteiger partial charge in [0.15, 0.2) is 0 Å². The number of benzene rings is 1. The van der Waals surface area contributed by atoms with Crippen molar-refractivity contribution < 1.29 is 4.74 Å². The molecule has 0 aromatic heterocycles. The fraction of sp³-hybridized carbons (Fsp3) is 0.455. The van der Waals surface area contributed by atoms with Gasteiger partial charge in [0.05, 0.1) is 12.7 Å². The van der Waals surface area contributed by atoms with Gasteiger partial charge in [-0.3, -0.25) is 0 Å². The molecular formula is C11H15O. The molecule has 0 atom stereocenters. The van der Waals surface area contributed by atoms with Crippen LogP contribution in [0.3, 0.4) is 0 Å². The predicted octanol–water partition coefficient (Wildman–Crippen LogP) is 2.45. The van der Waals surface area contributed by atoms with E-state index in [1.54, 1.807) is 0 Å². The largest absolute Gasteiger partial charge is 0.378 e. The fourth-order valence-corrected chi connectivity index (χ4v) is 0.999. The molecule has 1 rings (SSSR count). The Morgan fingerprint density at radius 2 is 2.33 bits per heavy atom. The minimum Gasteiger partial charge on any atom is -0.378 e. The molecule has 1 aromatic rings. The molecule has 1 aromatic carbocycles. The average Bonchev–Trinajstić information content (AvgIpc) is 2.05. The summed E-state index contributed by atoms with van der Waals surface area (Å²) in [6.45, 7) is 4.91. The third kappa shape index (κ3) is 3.54. The second-order valence-corrected chi connectivity index (χ2v) is 3.08. The lowest BCUT2D eigenvalue weighted by molar-refractivity contribution is 0.0813. The molecule has 0 saturated heterocycles. The van der Waals surface area contributed by atoms with E-state index >= 15 is 0 Å². The molecule has 1 heteroatoms. The Labute approximate surface area is 74.4 Å². The highest BCUT2D eigenvalue weighted by molar-refractivity contribution is 5.13. The van der Waals surface area contributed by atoms with E-state index in [2.05, 4.69) is 26.0 Å². The minimum absolute atomic E-state index is 0.331. The Kier molecular flexibility index (Phi) is 3.81. The third-order valence-electron chi connectivity index (χ3n) is 1.61. The summed E-state index contributed by atoms with van der Waals surface area (Å²) in [5, 5.41) is 0. The van der Waals surface area contributed by atoms with Crippen LogP contribution in [-0.2, 0) is 11.2 Å². The lowest BCUT2D eigenvalue weighted by Crippen LogP contribution is -2.05. The SMILES string of the molecule is CC(C)OCCc1c[c]ccc1. The van der Waals surface area contributed by atoms with E-state index in [1.807, 2.05) is 18.2 Å². The number of hydrogen-bond donors (Lipinski definition) is 0. The van der Waals surface area contributed by atoms with Crippen molar-refractivity contribution in [2.45, 2.75) is 26.4 Å². The molecule has 0 aliphatic rings. The summed E-state index contributed by atoms with van der Waals surface area (Å²) in [6.07, 6.45) is 1.31. The second kappa shape index (κ2) is 4.94. The van der Waals surface area contributed by atoms with Crippen LogP contribution in [0.1, 0.15) is 19.4 Å². The molecule has 1 nitrogen and oxygen atoms in total. The zero-order chi connectivity index (χ0) is 8.81. The Balaban J connectivity index is 2.25. The Morgan fingerprint density at radius 3 is 2.92 bits per heavy atom.